The highest BCUT2D eigenvalue weighted by atomic mass is 32.2. The summed E-state index contributed by atoms with van der Waals surface area (Å²) in [6.07, 6.45) is 8.70. The quantitative estimate of drug-likeness (QED) is 0.750. The first-order valence-electron chi connectivity index (χ1n) is 5.56. The molecule has 0 amide bonds. The Balaban J connectivity index is 2.03. The summed E-state index contributed by atoms with van der Waals surface area (Å²) >= 11 is 1.77. The van der Waals surface area contributed by atoms with Crippen molar-refractivity contribution in [2.75, 3.05) is 6.26 Å². The average Bonchev–Trinajstić information content (AvgIpc) is 3.07. The zero-order valence-electron chi connectivity index (χ0n) is 9.26. The van der Waals surface area contributed by atoms with Crippen LogP contribution in [-0.2, 0) is 0 Å². The Morgan fingerprint density at radius 3 is 3.00 bits per heavy atom. The Labute approximate surface area is 99.7 Å². The van der Waals surface area contributed by atoms with Crippen LogP contribution in [0.1, 0.15) is 18.9 Å². The van der Waals surface area contributed by atoms with E-state index in [4.69, 9.17) is 0 Å². The Kier molecular flexibility index (Phi) is 2.48. The molecule has 0 unspecified atom stereocenters. The van der Waals surface area contributed by atoms with Crippen LogP contribution in [0, 0.1) is 0 Å². The van der Waals surface area contributed by atoms with Gasteiger partial charge in [0.25, 0.3) is 0 Å². The highest BCUT2D eigenvalue weighted by Crippen LogP contribution is 2.38. The minimum absolute atomic E-state index is 0.690. The van der Waals surface area contributed by atoms with Crippen LogP contribution >= 0.6 is 11.8 Å². The molecule has 1 saturated carbocycles. The number of thioether (sulfide) groups is 1. The van der Waals surface area contributed by atoms with Crippen LogP contribution in [0.2, 0.25) is 0 Å². The van der Waals surface area contributed by atoms with Crippen LogP contribution in [0.4, 0.5) is 0 Å². The predicted octanol–water partition coefficient (Wildman–Crippen LogP) is 3.61. The molecule has 1 heterocycles. The van der Waals surface area contributed by atoms with Gasteiger partial charge in [-0.25, -0.2) is 4.98 Å². The van der Waals surface area contributed by atoms with Gasteiger partial charge in [0.2, 0.25) is 0 Å². The molecule has 0 spiro atoms. The molecule has 16 heavy (non-hydrogen) atoms. The molecule has 2 nitrogen and oxygen atoms in total. The Hall–Kier alpha value is -1.22. The Bertz CT molecular complexity index is 500. The lowest BCUT2D eigenvalue weighted by Crippen LogP contribution is -1.95. The van der Waals surface area contributed by atoms with Crippen LogP contribution in [0.15, 0.2) is 41.6 Å². The summed E-state index contributed by atoms with van der Waals surface area (Å²) in [4.78, 5) is 5.77. The second kappa shape index (κ2) is 3.98. The molecule has 0 atom stereocenters. The standard InChI is InChI=1S/C13H14N2S/c1-16-12-4-2-3-10(9-12)13-14-7-8-15(13)11-5-6-11/h2-4,7-9,11H,5-6H2,1H3. The summed E-state index contributed by atoms with van der Waals surface area (Å²) in [6.45, 7) is 0. The fourth-order valence-electron chi connectivity index (χ4n) is 1.95. The summed E-state index contributed by atoms with van der Waals surface area (Å²) in [6, 6.07) is 9.29. The zero-order valence-corrected chi connectivity index (χ0v) is 10.1. The molecule has 0 radical (unpaired) electrons. The SMILES string of the molecule is CSc1cccc(-c2nccn2C2CC2)c1. The molecular weight excluding hydrogens is 216 g/mol. The van der Waals surface area contributed by atoms with E-state index in [0.717, 1.165) is 5.82 Å². The maximum Gasteiger partial charge on any atom is 0.140 e. The van der Waals surface area contributed by atoms with Crippen molar-refractivity contribution in [1.82, 2.24) is 9.55 Å². The molecule has 3 heteroatoms. The van der Waals surface area contributed by atoms with Gasteiger partial charge in [-0.2, -0.15) is 0 Å². The van der Waals surface area contributed by atoms with Gasteiger partial charge in [0.05, 0.1) is 0 Å². The third-order valence-electron chi connectivity index (χ3n) is 2.94. The second-order valence-electron chi connectivity index (χ2n) is 4.12. The highest BCUT2D eigenvalue weighted by molar-refractivity contribution is 7.98. The van der Waals surface area contributed by atoms with Crippen LogP contribution in [0.5, 0.6) is 0 Å². The number of imidazole rings is 1. The van der Waals surface area contributed by atoms with Crippen molar-refractivity contribution in [3.05, 3.63) is 36.7 Å². The number of hydrogen-bond donors (Lipinski definition) is 0. The van der Waals surface area contributed by atoms with E-state index in [1.54, 1.807) is 11.8 Å². The molecule has 82 valence electrons. The molecule has 0 saturated heterocycles. The number of hydrogen-bond acceptors (Lipinski definition) is 2. The van der Waals surface area contributed by atoms with Gasteiger partial charge in [-0.15, -0.1) is 11.8 Å². The van der Waals surface area contributed by atoms with Crippen LogP contribution in [-0.4, -0.2) is 15.8 Å². The molecule has 1 aliphatic carbocycles. The first kappa shape index (κ1) is 9.97. The Morgan fingerprint density at radius 2 is 2.25 bits per heavy atom. The molecule has 1 fully saturated rings. The van der Waals surface area contributed by atoms with Gasteiger partial charge >= 0.3 is 0 Å². The third kappa shape index (κ3) is 1.76. The van der Waals surface area contributed by atoms with Crippen molar-refractivity contribution in [3.8, 4) is 11.4 Å². The summed E-state index contributed by atoms with van der Waals surface area (Å²) < 4.78 is 2.31. The molecule has 1 aliphatic rings. The lowest BCUT2D eigenvalue weighted by molar-refractivity contribution is 0.749. The van der Waals surface area contributed by atoms with E-state index in [-0.39, 0.29) is 0 Å². The van der Waals surface area contributed by atoms with E-state index in [9.17, 15) is 0 Å². The van der Waals surface area contributed by atoms with Crippen molar-refractivity contribution < 1.29 is 0 Å². The largest absolute Gasteiger partial charge is 0.328 e. The topological polar surface area (TPSA) is 17.8 Å². The van der Waals surface area contributed by atoms with Gasteiger partial charge in [0.1, 0.15) is 5.82 Å². The fourth-order valence-corrected chi connectivity index (χ4v) is 2.41. The summed E-state index contributed by atoms with van der Waals surface area (Å²) in [7, 11) is 0. The van der Waals surface area contributed by atoms with Crippen molar-refractivity contribution in [2.45, 2.75) is 23.8 Å². The smallest absolute Gasteiger partial charge is 0.140 e. The second-order valence-corrected chi connectivity index (χ2v) is 5.00. The van der Waals surface area contributed by atoms with E-state index in [1.807, 2.05) is 6.20 Å². The third-order valence-corrected chi connectivity index (χ3v) is 3.66. The number of benzene rings is 1. The highest BCUT2D eigenvalue weighted by Gasteiger charge is 2.25. The van der Waals surface area contributed by atoms with E-state index in [2.05, 4.69) is 46.3 Å². The van der Waals surface area contributed by atoms with Gasteiger partial charge in [-0.3, -0.25) is 0 Å². The summed E-state index contributed by atoms with van der Waals surface area (Å²) in [5.74, 6) is 1.11. The minimum atomic E-state index is 0.690. The van der Waals surface area contributed by atoms with E-state index in [0.29, 0.717) is 6.04 Å². The van der Waals surface area contributed by atoms with Gasteiger partial charge in [0, 0.05) is 28.9 Å². The molecule has 2 aromatic rings. The fraction of sp³-hybridized carbons (Fsp3) is 0.308. The Morgan fingerprint density at radius 1 is 1.38 bits per heavy atom. The average molecular weight is 230 g/mol. The van der Waals surface area contributed by atoms with Gasteiger partial charge in [-0.05, 0) is 31.2 Å². The molecule has 1 aromatic heterocycles. The molecule has 3 rings (SSSR count). The predicted molar refractivity (Wildman–Crippen MR) is 67.7 cm³/mol. The number of rotatable bonds is 3. The van der Waals surface area contributed by atoms with Crippen LogP contribution in [0.3, 0.4) is 0 Å². The van der Waals surface area contributed by atoms with E-state index < -0.39 is 0 Å². The van der Waals surface area contributed by atoms with Gasteiger partial charge < -0.3 is 4.57 Å². The first-order chi connectivity index (χ1) is 7.88. The number of nitrogens with zero attached hydrogens (tertiary/aromatic N) is 2. The summed E-state index contributed by atoms with van der Waals surface area (Å²) in [5, 5.41) is 0. The van der Waals surface area contributed by atoms with Crippen molar-refractivity contribution in [3.63, 3.8) is 0 Å². The first-order valence-corrected chi connectivity index (χ1v) is 6.78. The van der Waals surface area contributed by atoms with Crippen molar-refractivity contribution >= 4 is 11.8 Å². The molecule has 0 bridgehead atoms. The van der Waals surface area contributed by atoms with Crippen LogP contribution < -0.4 is 0 Å². The molecular formula is C13H14N2S. The number of aromatic nitrogens is 2. The van der Waals surface area contributed by atoms with Crippen molar-refractivity contribution in [1.29, 1.82) is 0 Å². The summed E-state index contributed by atoms with van der Waals surface area (Å²) in [5.41, 5.74) is 1.23. The van der Waals surface area contributed by atoms with Crippen LogP contribution in [0.25, 0.3) is 11.4 Å². The van der Waals surface area contributed by atoms with E-state index >= 15 is 0 Å². The normalized spacial score (nSPS) is 15.3. The molecule has 1 aromatic carbocycles. The molecule has 0 aliphatic heterocycles. The van der Waals surface area contributed by atoms with Gasteiger partial charge in [0.15, 0.2) is 0 Å². The molecule has 0 N–H and O–H groups in total. The maximum atomic E-state index is 4.48. The minimum Gasteiger partial charge on any atom is -0.328 e. The monoisotopic (exact) mass is 230 g/mol. The van der Waals surface area contributed by atoms with Crippen molar-refractivity contribution in [2.24, 2.45) is 0 Å². The zero-order chi connectivity index (χ0) is 11.0. The maximum absolute atomic E-state index is 4.48. The van der Waals surface area contributed by atoms with Gasteiger partial charge in [-0.1, -0.05) is 12.1 Å². The van der Waals surface area contributed by atoms with E-state index in [1.165, 1.54) is 23.3 Å². The lowest BCUT2D eigenvalue weighted by atomic mass is 10.2. The lowest BCUT2D eigenvalue weighted by Gasteiger charge is -2.06.